The highest BCUT2D eigenvalue weighted by atomic mass is 35.5. The Bertz CT molecular complexity index is 1280. The quantitative estimate of drug-likeness (QED) is 0.323. The summed E-state index contributed by atoms with van der Waals surface area (Å²) in [5, 5.41) is 12.8. The van der Waals surface area contributed by atoms with E-state index in [9.17, 15) is 14.9 Å². The van der Waals surface area contributed by atoms with Gasteiger partial charge < -0.3 is 14.6 Å². The van der Waals surface area contributed by atoms with Gasteiger partial charge in [-0.15, -0.1) is 0 Å². The summed E-state index contributed by atoms with van der Waals surface area (Å²) in [7, 11) is 1.35. The maximum atomic E-state index is 12.6. The van der Waals surface area contributed by atoms with Crippen molar-refractivity contribution in [1.29, 1.82) is 5.26 Å². The maximum Gasteiger partial charge on any atom is 0.337 e. The van der Waals surface area contributed by atoms with Gasteiger partial charge in [-0.2, -0.15) is 5.26 Å². The number of carbonyl (C=O) groups is 2. The molecule has 0 bridgehead atoms. The van der Waals surface area contributed by atoms with Gasteiger partial charge in [-0.05, 0) is 80.4 Å². The average Bonchev–Trinajstić information content (AvgIpc) is 3.04. The van der Waals surface area contributed by atoms with E-state index < -0.39 is 11.9 Å². The number of methoxy groups -OCH3 is 1. The number of hydrogen-bond acceptors (Lipinski definition) is 4. The van der Waals surface area contributed by atoms with Gasteiger partial charge in [-0.3, -0.25) is 4.79 Å². The third kappa shape index (κ3) is 4.74. The summed E-state index contributed by atoms with van der Waals surface area (Å²) in [5.41, 5.74) is 5.28. The minimum Gasteiger partial charge on any atom is -0.465 e. The third-order valence-electron chi connectivity index (χ3n) is 5.08. The van der Waals surface area contributed by atoms with E-state index in [0.717, 1.165) is 28.2 Å². The van der Waals surface area contributed by atoms with Gasteiger partial charge >= 0.3 is 5.97 Å². The Morgan fingerprint density at radius 3 is 2.50 bits per heavy atom. The number of benzene rings is 2. The van der Waals surface area contributed by atoms with E-state index in [0.29, 0.717) is 16.3 Å². The summed E-state index contributed by atoms with van der Waals surface area (Å²) in [6.45, 7) is 5.77. The van der Waals surface area contributed by atoms with E-state index in [1.54, 1.807) is 42.5 Å². The number of amides is 1. The zero-order chi connectivity index (χ0) is 23.4. The van der Waals surface area contributed by atoms with Crippen molar-refractivity contribution < 1.29 is 14.3 Å². The van der Waals surface area contributed by atoms with Crippen LogP contribution in [0.25, 0.3) is 11.8 Å². The number of anilines is 1. The van der Waals surface area contributed by atoms with Gasteiger partial charge in [0.2, 0.25) is 0 Å². The van der Waals surface area contributed by atoms with Crippen molar-refractivity contribution in [3.8, 4) is 11.8 Å². The van der Waals surface area contributed by atoms with Gasteiger partial charge in [0.05, 0.1) is 12.7 Å². The van der Waals surface area contributed by atoms with Crippen LogP contribution in [0.4, 0.5) is 5.69 Å². The average molecular weight is 448 g/mol. The van der Waals surface area contributed by atoms with Crippen LogP contribution in [-0.2, 0) is 9.53 Å². The van der Waals surface area contributed by atoms with E-state index in [1.165, 1.54) is 7.11 Å². The van der Waals surface area contributed by atoms with E-state index in [-0.39, 0.29) is 5.57 Å². The lowest BCUT2D eigenvalue weighted by atomic mass is 10.1. The van der Waals surface area contributed by atoms with Crippen LogP contribution in [-0.4, -0.2) is 23.6 Å². The number of nitrogens with one attached hydrogen (secondary N) is 1. The summed E-state index contributed by atoms with van der Waals surface area (Å²) in [6.07, 6.45) is 1.57. The van der Waals surface area contributed by atoms with Crippen molar-refractivity contribution in [3.63, 3.8) is 0 Å². The molecular weight excluding hydrogens is 426 g/mol. The van der Waals surface area contributed by atoms with E-state index in [1.807, 2.05) is 43.5 Å². The Morgan fingerprint density at radius 1 is 1.12 bits per heavy atom. The molecule has 1 heterocycles. The van der Waals surface area contributed by atoms with E-state index in [4.69, 9.17) is 16.3 Å². The fourth-order valence-corrected chi connectivity index (χ4v) is 3.71. The van der Waals surface area contributed by atoms with Crippen LogP contribution in [0.1, 0.15) is 32.9 Å². The predicted molar refractivity (Wildman–Crippen MR) is 125 cm³/mol. The molecule has 0 saturated carbocycles. The molecule has 0 saturated heterocycles. The second-order valence-electron chi connectivity index (χ2n) is 7.29. The molecule has 6 nitrogen and oxygen atoms in total. The van der Waals surface area contributed by atoms with Crippen LogP contribution in [0.2, 0.25) is 5.02 Å². The number of nitrogens with zero attached hydrogens (tertiary/aromatic N) is 2. The molecule has 0 fully saturated rings. The molecule has 1 N–H and O–H groups in total. The molecule has 1 amide bonds. The first-order valence-corrected chi connectivity index (χ1v) is 10.2. The second kappa shape index (κ2) is 9.54. The first-order valence-electron chi connectivity index (χ1n) is 9.82. The van der Waals surface area contributed by atoms with Crippen molar-refractivity contribution in [2.24, 2.45) is 0 Å². The number of aryl methyl sites for hydroxylation is 2. The fourth-order valence-electron chi connectivity index (χ4n) is 3.52. The minimum atomic E-state index is -0.516. The van der Waals surface area contributed by atoms with Crippen molar-refractivity contribution in [2.45, 2.75) is 20.8 Å². The van der Waals surface area contributed by atoms with Crippen LogP contribution >= 0.6 is 11.6 Å². The molecular formula is C25H22ClN3O3. The van der Waals surface area contributed by atoms with Crippen LogP contribution in [0.15, 0.2) is 54.1 Å². The Kier molecular flexibility index (Phi) is 6.82. The lowest BCUT2D eigenvalue weighted by Gasteiger charge is -2.14. The molecule has 1 aromatic heterocycles. The van der Waals surface area contributed by atoms with Crippen LogP contribution in [0, 0.1) is 32.1 Å². The van der Waals surface area contributed by atoms with Crippen LogP contribution < -0.4 is 5.32 Å². The normalized spacial score (nSPS) is 11.1. The zero-order valence-corrected chi connectivity index (χ0v) is 18.9. The van der Waals surface area contributed by atoms with Gasteiger partial charge in [0, 0.05) is 27.8 Å². The van der Waals surface area contributed by atoms with Gasteiger partial charge in [-0.25, -0.2) is 4.79 Å². The predicted octanol–water partition coefficient (Wildman–Crippen LogP) is 5.39. The van der Waals surface area contributed by atoms with Crippen molar-refractivity contribution in [1.82, 2.24) is 4.57 Å². The number of rotatable bonds is 5. The molecule has 0 radical (unpaired) electrons. The van der Waals surface area contributed by atoms with Crippen LogP contribution in [0.5, 0.6) is 0 Å². The first-order chi connectivity index (χ1) is 15.2. The molecule has 3 aromatic rings. The molecule has 7 heteroatoms. The summed E-state index contributed by atoms with van der Waals surface area (Å²) in [5.74, 6) is -0.910. The molecule has 3 rings (SSSR count). The fraction of sp³-hybridized carbons (Fsp3) is 0.160. The molecule has 0 aliphatic heterocycles. The lowest BCUT2D eigenvalue weighted by molar-refractivity contribution is -0.112. The number of aromatic nitrogens is 1. The van der Waals surface area contributed by atoms with Crippen molar-refractivity contribution in [2.75, 3.05) is 12.4 Å². The highest BCUT2D eigenvalue weighted by molar-refractivity contribution is 6.31. The number of hydrogen-bond donors (Lipinski definition) is 1. The summed E-state index contributed by atoms with van der Waals surface area (Å²) in [6, 6.07) is 16.0. The Balaban J connectivity index is 1.96. The molecule has 0 atom stereocenters. The molecule has 162 valence electrons. The zero-order valence-electron chi connectivity index (χ0n) is 18.2. The summed E-state index contributed by atoms with van der Waals surface area (Å²) < 4.78 is 6.81. The smallest absolute Gasteiger partial charge is 0.337 e. The first kappa shape index (κ1) is 22.9. The minimum absolute atomic E-state index is 0.0250. The highest BCUT2D eigenvalue weighted by Gasteiger charge is 2.16. The molecule has 0 spiro atoms. The Morgan fingerprint density at radius 2 is 1.88 bits per heavy atom. The SMILES string of the molecule is COC(=O)c1ccc(-n2c(C)cc(/C=C(/C#N)C(=O)Nc3cccc(Cl)c3)c2C)c(C)c1. The maximum absolute atomic E-state index is 12.6. The summed E-state index contributed by atoms with van der Waals surface area (Å²) in [4.78, 5) is 24.4. The Hall–Kier alpha value is -3.82. The molecule has 32 heavy (non-hydrogen) atoms. The topological polar surface area (TPSA) is 84.1 Å². The third-order valence-corrected chi connectivity index (χ3v) is 5.31. The molecule has 2 aromatic carbocycles. The largest absolute Gasteiger partial charge is 0.465 e. The van der Waals surface area contributed by atoms with Crippen molar-refractivity contribution in [3.05, 3.63) is 87.2 Å². The van der Waals surface area contributed by atoms with Gasteiger partial charge in [0.1, 0.15) is 11.6 Å². The lowest BCUT2D eigenvalue weighted by Crippen LogP contribution is -2.13. The molecule has 0 aliphatic carbocycles. The monoisotopic (exact) mass is 447 g/mol. The standard InChI is InChI=1S/C25H22ClN3O3/c1-15-10-18(25(31)32-4)8-9-23(15)29-16(2)11-19(17(29)3)12-20(14-27)24(30)28-22-7-5-6-21(26)13-22/h5-13H,1-4H3,(H,28,30)/b20-12-. The van der Waals surface area contributed by atoms with Crippen LogP contribution in [0.3, 0.4) is 0 Å². The van der Waals surface area contributed by atoms with E-state index >= 15 is 0 Å². The van der Waals surface area contributed by atoms with Gasteiger partial charge in [-0.1, -0.05) is 17.7 Å². The molecule has 0 unspecified atom stereocenters. The highest BCUT2D eigenvalue weighted by Crippen LogP contribution is 2.26. The van der Waals surface area contributed by atoms with Gasteiger partial charge in [0.15, 0.2) is 0 Å². The summed E-state index contributed by atoms with van der Waals surface area (Å²) >= 11 is 5.96. The second-order valence-corrected chi connectivity index (χ2v) is 7.73. The number of ether oxygens (including phenoxy) is 1. The number of halogens is 1. The molecule has 0 aliphatic rings. The van der Waals surface area contributed by atoms with Gasteiger partial charge in [0.25, 0.3) is 5.91 Å². The number of carbonyl (C=O) groups excluding carboxylic acids is 2. The van der Waals surface area contributed by atoms with Crippen molar-refractivity contribution >= 4 is 35.2 Å². The van der Waals surface area contributed by atoms with E-state index in [2.05, 4.69) is 5.32 Å². The number of esters is 1. The number of nitriles is 1. The Labute approximate surface area is 191 Å².